The van der Waals surface area contributed by atoms with Crippen LogP contribution in [0.4, 0.5) is 11.5 Å². The summed E-state index contributed by atoms with van der Waals surface area (Å²) >= 11 is 0. The van der Waals surface area contributed by atoms with Crippen molar-refractivity contribution in [3.05, 3.63) is 12.3 Å². The molecule has 0 aromatic carbocycles. The zero-order chi connectivity index (χ0) is 12.8. The maximum atomic E-state index is 11.1. The fourth-order valence-electron chi connectivity index (χ4n) is 1.09. The number of pyridine rings is 1. The lowest BCUT2D eigenvalue weighted by molar-refractivity contribution is -0.116. The first kappa shape index (κ1) is 13.0. The van der Waals surface area contributed by atoms with Crippen molar-refractivity contribution in [2.75, 3.05) is 10.6 Å². The van der Waals surface area contributed by atoms with Crippen molar-refractivity contribution >= 4 is 23.3 Å². The van der Waals surface area contributed by atoms with Crippen LogP contribution in [0.25, 0.3) is 0 Å². The second-order valence-electron chi connectivity index (χ2n) is 3.40. The molecular weight excluding hydrogens is 222 g/mol. The molecule has 1 rings (SSSR count). The fourth-order valence-corrected chi connectivity index (χ4v) is 1.09. The Morgan fingerprint density at radius 3 is 2.35 bits per heavy atom. The van der Waals surface area contributed by atoms with E-state index in [0.29, 0.717) is 18.5 Å². The van der Waals surface area contributed by atoms with Gasteiger partial charge in [-0.05, 0) is 0 Å². The number of rotatable bonds is 4. The number of aromatic hydroxyl groups is 1. The topological polar surface area (TPSA) is 91.3 Å². The summed E-state index contributed by atoms with van der Waals surface area (Å²) in [7, 11) is 0. The summed E-state index contributed by atoms with van der Waals surface area (Å²) in [5.41, 5.74) is 0.392. The SMILES string of the molecule is CCC(=O)Nc1cnc(NC(=O)CC)c(O)c1. The van der Waals surface area contributed by atoms with E-state index in [9.17, 15) is 14.7 Å². The Bertz CT molecular complexity index is 432. The Morgan fingerprint density at radius 1 is 1.24 bits per heavy atom. The van der Waals surface area contributed by atoms with Gasteiger partial charge in [0, 0.05) is 18.9 Å². The van der Waals surface area contributed by atoms with Crippen LogP contribution in [0.5, 0.6) is 5.75 Å². The fraction of sp³-hybridized carbons (Fsp3) is 0.364. The van der Waals surface area contributed by atoms with Gasteiger partial charge in [0.25, 0.3) is 0 Å². The highest BCUT2D eigenvalue weighted by molar-refractivity contribution is 5.93. The number of carbonyl (C=O) groups excluding carboxylic acids is 2. The molecule has 0 aliphatic heterocycles. The minimum Gasteiger partial charge on any atom is -0.504 e. The van der Waals surface area contributed by atoms with Gasteiger partial charge in [0.2, 0.25) is 11.8 Å². The lowest BCUT2D eigenvalue weighted by atomic mass is 10.3. The number of nitrogens with zero attached hydrogens (tertiary/aromatic N) is 1. The van der Waals surface area contributed by atoms with E-state index in [0.717, 1.165) is 0 Å². The maximum Gasteiger partial charge on any atom is 0.225 e. The molecule has 0 spiro atoms. The van der Waals surface area contributed by atoms with E-state index in [4.69, 9.17) is 0 Å². The van der Waals surface area contributed by atoms with Crippen molar-refractivity contribution < 1.29 is 14.7 Å². The van der Waals surface area contributed by atoms with Crippen LogP contribution >= 0.6 is 0 Å². The Morgan fingerprint density at radius 2 is 1.82 bits per heavy atom. The molecular formula is C11H15N3O3. The summed E-state index contributed by atoms with van der Waals surface area (Å²) in [6.07, 6.45) is 2.02. The number of carbonyl (C=O) groups is 2. The first-order valence-electron chi connectivity index (χ1n) is 5.35. The molecule has 3 N–H and O–H groups in total. The van der Waals surface area contributed by atoms with E-state index < -0.39 is 0 Å². The van der Waals surface area contributed by atoms with Crippen LogP contribution < -0.4 is 10.6 Å². The molecule has 0 radical (unpaired) electrons. The van der Waals surface area contributed by atoms with Gasteiger partial charge in [0.15, 0.2) is 11.6 Å². The molecule has 0 unspecified atom stereocenters. The number of anilines is 2. The molecule has 1 aromatic rings. The van der Waals surface area contributed by atoms with Crippen molar-refractivity contribution in [2.45, 2.75) is 26.7 Å². The van der Waals surface area contributed by atoms with Gasteiger partial charge in [-0.2, -0.15) is 0 Å². The van der Waals surface area contributed by atoms with Gasteiger partial charge < -0.3 is 15.7 Å². The molecule has 6 heteroatoms. The molecule has 0 bridgehead atoms. The number of hydrogen-bond acceptors (Lipinski definition) is 4. The van der Waals surface area contributed by atoms with E-state index in [1.807, 2.05) is 0 Å². The summed E-state index contributed by atoms with van der Waals surface area (Å²) in [4.78, 5) is 26.1. The highest BCUT2D eigenvalue weighted by Crippen LogP contribution is 2.23. The van der Waals surface area contributed by atoms with Crippen molar-refractivity contribution in [3.8, 4) is 5.75 Å². The molecule has 1 aromatic heterocycles. The predicted octanol–water partition coefficient (Wildman–Crippen LogP) is 1.48. The molecule has 92 valence electrons. The Labute approximate surface area is 99.1 Å². The van der Waals surface area contributed by atoms with Crippen LogP contribution in [0.1, 0.15) is 26.7 Å². The lowest BCUT2D eigenvalue weighted by Crippen LogP contribution is -2.12. The molecule has 0 atom stereocenters. The van der Waals surface area contributed by atoms with E-state index in [2.05, 4.69) is 15.6 Å². The average molecular weight is 237 g/mol. The van der Waals surface area contributed by atoms with Crippen LogP contribution in [-0.2, 0) is 9.59 Å². The van der Waals surface area contributed by atoms with E-state index in [1.165, 1.54) is 12.3 Å². The highest BCUT2D eigenvalue weighted by Gasteiger charge is 2.08. The van der Waals surface area contributed by atoms with Crippen molar-refractivity contribution in [1.29, 1.82) is 0 Å². The number of amides is 2. The molecule has 6 nitrogen and oxygen atoms in total. The molecule has 17 heavy (non-hydrogen) atoms. The van der Waals surface area contributed by atoms with Gasteiger partial charge in [-0.1, -0.05) is 13.8 Å². The monoisotopic (exact) mass is 237 g/mol. The van der Waals surface area contributed by atoms with Crippen LogP contribution in [0, 0.1) is 0 Å². The summed E-state index contributed by atoms with van der Waals surface area (Å²) in [5.74, 6) is -0.498. The minimum absolute atomic E-state index is 0.0892. The largest absolute Gasteiger partial charge is 0.504 e. The first-order valence-corrected chi connectivity index (χ1v) is 5.35. The molecule has 0 saturated carbocycles. The van der Waals surface area contributed by atoms with Crippen LogP contribution in [-0.4, -0.2) is 21.9 Å². The lowest BCUT2D eigenvalue weighted by Gasteiger charge is -2.07. The summed E-state index contributed by atoms with van der Waals surface area (Å²) in [6.45, 7) is 3.42. The van der Waals surface area contributed by atoms with Gasteiger partial charge in [0.05, 0.1) is 11.9 Å². The Kier molecular flexibility index (Phi) is 4.45. The third kappa shape index (κ3) is 3.75. The molecule has 0 aliphatic rings. The Balaban J connectivity index is 2.79. The second kappa shape index (κ2) is 5.83. The van der Waals surface area contributed by atoms with E-state index in [-0.39, 0.29) is 23.4 Å². The van der Waals surface area contributed by atoms with E-state index in [1.54, 1.807) is 13.8 Å². The smallest absolute Gasteiger partial charge is 0.225 e. The third-order valence-electron chi connectivity index (χ3n) is 2.05. The van der Waals surface area contributed by atoms with Crippen molar-refractivity contribution in [2.24, 2.45) is 0 Å². The number of hydrogen-bond donors (Lipinski definition) is 3. The normalized spacial score (nSPS) is 9.76. The minimum atomic E-state index is -0.238. The molecule has 0 aliphatic carbocycles. The van der Waals surface area contributed by atoms with Gasteiger partial charge in [0.1, 0.15) is 0 Å². The maximum absolute atomic E-state index is 11.1. The van der Waals surface area contributed by atoms with Crippen LogP contribution in [0.15, 0.2) is 12.3 Å². The number of aromatic nitrogens is 1. The third-order valence-corrected chi connectivity index (χ3v) is 2.05. The second-order valence-corrected chi connectivity index (χ2v) is 3.40. The van der Waals surface area contributed by atoms with Crippen LogP contribution in [0.2, 0.25) is 0 Å². The molecule has 0 saturated heterocycles. The molecule has 2 amide bonds. The molecule has 0 fully saturated rings. The quantitative estimate of drug-likeness (QED) is 0.739. The highest BCUT2D eigenvalue weighted by atomic mass is 16.3. The van der Waals surface area contributed by atoms with Crippen molar-refractivity contribution in [1.82, 2.24) is 4.98 Å². The number of nitrogens with one attached hydrogen (secondary N) is 2. The summed E-state index contributed by atoms with van der Waals surface area (Å²) < 4.78 is 0. The predicted molar refractivity (Wildman–Crippen MR) is 63.7 cm³/mol. The standard InChI is InChI=1S/C11H15N3O3/c1-3-9(16)13-7-5-8(15)11(12-6-7)14-10(17)4-2/h5-6,15H,3-4H2,1-2H3,(H,13,16)(H,12,14,17). The van der Waals surface area contributed by atoms with Crippen molar-refractivity contribution in [3.63, 3.8) is 0 Å². The first-order chi connectivity index (χ1) is 8.06. The van der Waals surface area contributed by atoms with Gasteiger partial charge in [-0.3, -0.25) is 9.59 Å². The van der Waals surface area contributed by atoms with Crippen LogP contribution in [0.3, 0.4) is 0 Å². The zero-order valence-electron chi connectivity index (χ0n) is 9.78. The van der Waals surface area contributed by atoms with Gasteiger partial charge in [-0.25, -0.2) is 4.98 Å². The average Bonchev–Trinajstić information content (AvgIpc) is 2.32. The Hall–Kier alpha value is -2.11. The zero-order valence-corrected chi connectivity index (χ0v) is 9.78. The van der Waals surface area contributed by atoms with Gasteiger partial charge >= 0.3 is 0 Å². The van der Waals surface area contributed by atoms with Gasteiger partial charge in [-0.15, -0.1) is 0 Å². The van der Waals surface area contributed by atoms with E-state index >= 15 is 0 Å². The molecule has 1 heterocycles. The summed E-state index contributed by atoms with van der Waals surface area (Å²) in [6, 6.07) is 1.34. The summed E-state index contributed by atoms with van der Waals surface area (Å²) in [5, 5.41) is 14.6.